The highest BCUT2D eigenvalue weighted by atomic mass is 32.2. The van der Waals surface area contributed by atoms with Gasteiger partial charge in [-0.2, -0.15) is 0 Å². The van der Waals surface area contributed by atoms with E-state index in [1.54, 1.807) is 30.3 Å². The average molecular weight is 484 g/mol. The molecule has 178 valence electrons. The maximum Gasteiger partial charge on any atom is 0.255 e. The fraction of sp³-hybridized carbons (Fsp3) is 0.333. The molecule has 2 aromatic rings. The molecule has 0 bridgehead atoms. The summed E-state index contributed by atoms with van der Waals surface area (Å²) >= 11 is 0. The van der Waals surface area contributed by atoms with Crippen molar-refractivity contribution in [3.8, 4) is 0 Å². The lowest BCUT2D eigenvalue weighted by Gasteiger charge is -2.27. The van der Waals surface area contributed by atoms with Gasteiger partial charge in [0.25, 0.3) is 11.8 Å². The summed E-state index contributed by atoms with van der Waals surface area (Å²) in [5.41, 5.74) is 2.17. The van der Waals surface area contributed by atoms with E-state index in [1.807, 2.05) is 0 Å². The number of hydrogen-bond donors (Lipinski definition) is 2. The Kier molecular flexibility index (Phi) is 6.52. The van der Waals surface area contributed by atoms with Gasteiger partial charge >= 0.3 is 0 Å². The Morgan fingerprint density at radius 1 is 1.00 bits per heavy atom. The SMILES string of the molecule is CS(=O)(=O)Nc1cccc(C(=O)Nc2ccc3c(c2)CN(C2CCC(=O)CCCC2=O)C3=O)c1. The average Bonchev–Trinajstić information content (AvgIpc) is 3.07. The Bertz CT molecular complexity index is 1290. The van der Waals surface area contributed by atoms with Gasteiger partial charge in [0.2, 0.25) is 10.0 Å². The standard InChI is InChI=1S/C24H25N3O6S/c1-34(32,33)26-18-5-2-4-15(12-18)23(30)25-17-8-10-20-16(13-17)14-27(24(20)31)21-11-9-19(28)6-3-7-22(21)29/h2,4-5,8,10,12-13,21,26H,3,6-7,9,11,14H2,1H3,(H,25,30). The van der Waals surface area contributed by atoms with Gasteiger partial charge in [0.05, 0.1) is 12.3 Å². The molecule has 2 amide bonds. The summed E-state index contributed by atoms with van der Waals surface area (Å²) in [5, 5.41) is 2.76. The molecule has 0 radical (unpaired) electrons. The third-order valence-electron chi connectivity index (χ3n) is 5.95. The van der Waals surface area contributed by atoms with Crippen LogP contribution in [0, 0.1) is 0 Å². The van der Waals surface area contributed by atoms with Crippen LogP contribution in [0.4, 0.5) is 11.4 Å². The van der Waals surface area contributed by atoms with E-state index >= 15 is 0 Å². The van der Waals surface area contributed by atoms with Crippen molar-refractivity contribution in [3.63, 3.8) is 0 Å². The molecule has 0 aromatic heterocycles. The van der Waals surface area contributed by atoms with Gasteiger partial charge in [-0.15, -0.1) is 0 Å². The van der Waals surface area contributed by atoms with Crippen molar-refractivity contribution in [2.75, 3.05) is 16.3 Å². The van der Waals surface area contributed by atoms with Gasteiger partial charge in [-0.05, 0) is 54.8 Å². The molecule has 2 N–H and O–H groups in total. The van der Waals surface area contributed by atoms with Crippen LogP contribution in [0.1, 0.15) is 58.4 Å². The Labute approximate surface area is 197 Å². The summed E-state index contributed by atoms with van der Waals surface area (Å²) in [7, 11) is -3.48. The Balaban J connectivity index is 1.49. The van der Waals surface area contributed by atoms with Crippen molar-refractivity contribution < 1.29 is 27.6 Å². The number of sulfonamides is 1. The number of Topliss-reactive ketones (excluding diaryl/α,β-unsaturated/α-hetero) is 2. The smallest absolute Gasteiger partial charge is 0.255 e. The number of carbonyl (C=O) groups excluding carboxylic acids is 4. The molecule has 10 heteroatoms. The minimum atomic E-state index is -3.48. The third-order valence-corrected chi connectivity index (χ3v) is 6.55. The maximum atomic E-state index is 13.0. The first-order valence-corrected chi connectivity index (χ1v) is 12.9. The Morgan fingerprint density at radius 2 is 1.79 bits per heavy atom. The summed E-state index contributed by atoms with van der Waals surface area (Å²) < 4.78 is 25.2. The number of rotatable bonds is 5. The molecule has 0 saturated heterocycles. The number of amides is 2. The van der Waals surface area contributed by atoms with Crippen LogP contribution in [0.3, 0.4) is 0 Å². The van der Waals surface area contributed by atoms with E-state index in [2.05, 4.69) is 10.0 Å². The van der Waals surface area contributed by atoms with E-state index in [-0.39, 0.29) is 48.1 Å². The number of hydrogen-bond acceptors (Lipinski definition) is 6. The zero-order valence-corrected chi connectivity index (χ0v) is 19.5. The van der Waals surface area contributed by atoms with Gasteiger partial charge < -0.3 is 10.2 Å². The fourth-order valence-electron chi connectivity index (χ4n) is 4.35. The van der Waals surface area contributed by atoms with E-state index in [9.17, 15) is 27.6 Å². The number of carbonyl (C=O) groups is 4. The van der Waals surface area contributed by atoms with Crippen LogP contribution in [0.5, 0.6) is 0 Å². The van der Waals surface area contributed by atoms with Crippen LogP contribution in [0.2, 0.25) is 0 Å². The molecule has 1 unspecified atom stereocenters. The van der Waals surface area contributed by atoms with Gasteiger partial charge in [0.15, 0.2) is 5.78 Å². The van der Waals surface area contributed by atoms with Gasteiger partial charge in [-0.25, -0.2) is 8.42 Å². The monoisotopic (exact) mass is 483 g/mol. The molecule has 1 aliphatic heterocycles. The Morgan fingerprint density at radius 3 is 2.56 bits per heavy atom. The second kappa shape index (κ2) is 9.38. The zero-order valence-electron chi connectivity index (χ0n) is 18.7. The first kappa shape index (κ1) is 23.6. The lowest BCUT2D eigenvalue weighted by molar-refractivity contribution is -0.126. The van der Waals surface area contributed by atoms with Crippen molar-refractivity contribution in [1.82, 2.24) is 4.90 Å². The summed E-state index contributed by atoms with van der Waals surface area (Å²) in [6.07, 6.45) is 2.84. The molecule has 34 heavy (non-hydrogen) atoms. The molecule has 1 saturated carbocycles. The maximum absolute atomic E-state index is 13.0. The number of ketones is 2. The third kappa shape index (κ3) is 5.33. The minimum absolute atomic E-state index is 0.0234. The summed E-state index contributed by atoms with van der Waals surface area (Å²) in [6.45, 7) is 0.232. The number of nitrogens with one attached hydrogen (secondary N) is 2. The van der Waals surface area contributed by atoms with Crippen LogP contribution in [-0.2, 0) is 26.2 Å². The number of fused-ring (bicyclic) bond motifs is 1. The molecule has 1 heterocycles. The quantitative estimate of drug-likeness (QED) is 0.673. The topological polar surface area (TPSA) is 130 Å². The van der Waals surface area contributed by atoms with Crippen LogP contribution >= 0.6 is 0 Å². The van der Waals surface area contributed by atoms with Crippen molar-refractivity contribution in [1.29, 1.82) is 0 Å². The van der Waals surface area contributed by atoms with E-state index < -0.39 is 22.0 Å². The fourth-order valence-corrected chi connectivity index (χ4v) is 4.91. The molecule has 2 aromatic carbocycles. The van der Waals surface area contributed by atoms with E-state index in [1.165, 1.54) is 17.0 Å². The van der Waals surface area contributed by atoms with E-state index in [4.69, 9.17) is 0 Å². The second-order valence-corrected chi connectivity index (χ2v) is 10.4. The lowest BCUT2D eigenvalue weighted by atomic mass is 9.94. The largest absolute Gasteiger partial charge is 0.324 e. The summed E-state index contributed by atoms with van der Waals surface area (Å²) in [5.74, 6) is -0.599. The number of anilines is 2. The molecule has 1 aliphatic carbocycles. The minimum Gasteiger partial charge on any atom is -0.324 e. The van der Waals surface area contributed by atoms with E-state index in [0.717, 1.165) is 6.26 Å². The highest BCUT2D eigenvalue weighted by Crippen LogP contribution is 2.30. The van der Waals surface area contributed by atoms with Crippen LogP contribution < -0.4 is 10.0 Å². The normalized spacial score (nSPS) is 18.8. The highest BCUT2D eigenvalue weighted by molar-refractivity contribution is 7.92. The van der Waals surface area contributed by atoms with Crippen LogP contribution in [0.25, 0.3) is 0 Å². The molecular formula is C24H25N3O6S. The predicted octanol–water partition coefficient (Wildman–Crippen LogP) is 2.74. The highest BCUT2D eigenvalue weighted by Gasteiger charge is 2.36. The lowest BCUT2D eigenvalue weighted by Crippen LogP contribution is -2.42. The van der Waals surface area contributed by atoms with Gasteiger partial charge in [-0.1, -0.05) is 6.07 Å². The molecule has 1 fully saturated rings. The second-order valence-electron chi connectivity index (χ2n) is 8.63. The van der Waals surface area contributed by atoms with Gasteiger partial charge in [0, 0.05) is 48.3 Å². The van der Waals surface area contributed by atoms with Crippen LogP contribution in [0.15, 0.2) is 42.5 Å². The molecule has 0 spiro atoms. The zero-order chi connectivity index (χ0) is 24.5. The Hall–Kier alpha value is -3.53. The van der Waals surface area contributed by atoms with Crippen molar-refractivity contribution in [2.45, 2.75) is 44.7 Å². The molecule has 4 rings (SSSR count). The first-order chi connectivity index (χ1) is 16.1. The summed E-state index contributed by atoms with van der Waals surface area (Å²) in [4.78, 5) is 51.7. The van der Waals surface area contributed by atoms with Crippen molar-refractivity contribution in [3.05, 3.63) is 59.2 Å². The number of benzene rings is 2. The van der Waals surface area contributed by atoms with Crippen molar-refractivity contribution >= 4 is 44.8 Å². The molecule has 9 nitrogen and oxygen atoms in total. The van der Waals surface area contributed by atoms with Crippen LogP contribution in [-0.4, -0.2) is 49.0 Å². The first-order valence-electron chi connectivity index (χ1n) is 11.0. The molecule has 1 atom stereocenters. The molecule has 2 aliphatic rings. The number of nitrogens with zero attached hydrogens (tertiary/aromatic N) is 1. The van der Waals surface area contributed by atoms with E-state index in [0.29, 0.717) is 36.1 Å². The van der Waals surface area contributed by atoms with Crippen molar-refractivity contribution in [2.24, 2.45) is 0 Å². The van der Waals surface area contributed by atoms with Gasteiger partial charge in [-0.3, -0.25) is 23.9 Å². The predicted molar refractivity (Wildman–Crippen MR) is 126 cm³/mol. The summed E-state index contributed by atoms with van der Waals surface area (Å²) in [6, 6.07) is 10.4. The molecular weight excluding hydrogens is 458 g/mol. The van der Waals surface area contributed by atoms with Gasteiger partial charge in [0.1, 0.15) is 5.78 Å².